The molecule has 0 radical (unpaired) electrons. The average molecular weight is 420 g/mol. The largest absolute Gasteiger partial charge is 0.457 e. The molecule has 1 aromatic carbocycles. The first-order valence-electron chi connectivity index (χ1n) is 9.75. The third kappa shape index (κ3) is 6.67. The van der Waals surface area contributed by atoms with Crippen molar-refractivity contribution in [2.24, 2.45) is 0 Å². The topological polar surface area (TPSA) is 101 Å². The van der Waals surface area contributed by atoms with Crippen molar-refractivity contribution in [3.8, 4) is 23.5 Å². The molecule has 0 amide bonds. The Bertz CT molecular complexity index is 1030. The molecule has 0 fully saturated rings. The van der Waals surface area contributed by atoms with Crippen LogP contribution in [0.4, 0.5) is 5.82 Å². The maximum atomic E-state index is 12.5. The van der Waals surface area contributed by atoms with E-state index in [1.54, 1.807) is 23.1 Å². The molecule has 0 saturated heterocycles. The molecule has 2 aromatic heterocycles. The molecule has 0 aliphatic heterocycles. The van der Waals surface area contributed by atoms with E-state index in [4.69, 9.17) is 26.4 Å². The Morgan fingerprint density at radius 2 is 1.90 bits per heavy atom. The molecule has 3 rings (SSSR count). The van der Waals surface area contributed by atoms with E-state index in [1.165, 1.54) is 0 Å². The van der Waals surface area contributed by atoms with Gasteiger partial charge in [0, 0.05) is 23.5 Å². The van der Waals surface area contributed by atoms with Crippen LogP contribution in [0.15, 0.2) is 55.0 Å². The number of carbonyl (C=O) groups is 1. The van der Waals surface area contributed by atoms with Crippen molar-refractivity contribution >= 4 is 11.8 Å². The zero-order chi connectivity index (χ0) is 21.9. The van der Waals surface area contributed by atoms with Gasteiger partial charge in [0.25, 0.3) is 0 Å². The van der Waals surface area contributed by atoms with Gasteiger partial charge in [-0.25, -0.2) is 9.78 Å². The molecular weight excluding hydrogens is 396 g/mol. The fourth-order valence-corrected chi connectivity index (χ4v) is 2.74. The first-order chi connectivity index (χ1) is 15.2. The van der Waals surface area contributed by atoms with Gasteiger partial charge in [-0.2, -0.15) is 5.10 Å². The van der Waals surface area contributed by atoms with Crippen molar-refractivity contribution in [1.82, 2.24) is 14.8 Å². The Kier molecular flexibility index (Phi) is 8.17. The molecule has 160 valence electrons. The van der Waals surface area contributed by atoms with E-state index in [1.807, 2.05) is 36.5 Å². The monoisotopic (exact) mass is 420 g/mol. The molecule has 0 saturated carbocycles. The molecule has 3 aromatic rings. The number of esters is 1. The zero-order valence-corrected chi connectivity index (χ0v) is 17.1. The molecule has 8 nitrogen and oxygen atoms in total. The third-order valence-electron chi connectivity index (χ3n) is 4.34. The summed E-state index contributed by atoms with van der Waals surface area (Å²) in [6, 6.07) is 11.1. The summed E-state index contributed by atoms with van der Waals surface area (Å²) in [5, 5.41) is 4.32. The Hall–Kier alpha value is -3.67. The number of hydrogen-bond acceptors (Lipinski definition) is 7. The minimum absolute atomic E-state index is 0.120. The Balaban J connectivity index is 1.56. The summed E-state index contributed by atoms with van der Waals surface area (Å²) in [6.45, 7) is 2.42. The zero-order valence-electron chi connectivity index (χ0n) is 17.1. The number of carbonyl (C=O) groups excluding carboxylic acids is 1. The second-order valence-electron chi connectivity index (χ2n) is 6.58. The van der Waals surface area contributed by atoms with Crippen LogP contribution in [0.25, 0.3) is 11.1 Å². The van der Waals surface area contributed by atoms with E-state index in [0.717, 1.165) is 16.7 Å². The number of terminal acetylenes is 1. The van der Waals surface area contributed by atoms with Crippen LogP contribution in [0.3, 0.4) is 0 Å². The van der Waals surface area contributed by atoms with Crippen LogP contribution in [-0.4, -0.2) is 47.2 Å². The van der Waals surface area contributed by atoms with Crippen molar-refractivity contribution < 1.29 is 19.0 Å². The van der Waals surface area contributed by atoms with Crippen LogP contribution >= 0.6 is 0 Å². The highest BCUT2D eigenvalue weighted by Crippen LogP contribution is 2.22. The van der Waals surface area contributed by atoms with Gasteiger partial charge in [0.15, 0.2) is 0 Å². The number of nitrogen functional groups attached to an aromatic ring is 1. The van der Waals surface area contributed by atoms with E-state index in [0.29, 0.717) is 26.4 Å². The van der Waals surface area contributed by atoms with Gasteiger partial charge in [0.05, 0.1) is 32.6 Å². The van der Waals surface area contributed by atoms with E-state index in [2.05, 4.69) is 16.0 Å². The van der Waals surface area contributed by atoms with Crippen molar-refractivity contribution in [1.29, 1.82) is 0 Å². The molecule has 0 bridgehead atoms. The predicted octanol–water partition coefficient (Wildman–Crippen LogP) is 2.55. The highest BCUT2D eigenvalue weighted by Gasteiger charge is 2.15. The lowest BCUT2D eigenvalue weighted by molar-refractivity contribution is 0.0473. The van der Waals surface area contributed by atoms with Gasteiger partial charge in [-0.05, 0) is 11.6 Å². The minimum atomic E-state index is -0.524. The molecule has 31 heavy (non-hydrogen) atoms. The highest BCUT2D eigenvalue weighted by molar-refractivity contribution is 5.95. The molecule has 0 aliphatic rings. The van der Waals surface area contributed by atoms with Crippen LogP contribution in [0.1, 0.15) is 15.9 Å². The molecule has 2 heterocycles. The Morgan fingerprint density at radius 3 is 2.71 bits per heavy atom. The number of aromatic nitrogens is 3. The lowest BCUT2D eigenvalue weighted by atomic mass is 10.1. The fourth-order valence-electron chi connectivity index (χ4n) is 2.74. The SMILES string of the molecule is C#CCOCCOCCn1cc(-c2cnc(N)c(C(=O)OCc3ccccc3)c2)cn1. The molecule has 0 aliphatic carbocycles. The highest BCUT2D eigenvalue weighted by atomic mass is 16.5. The number of anilines is 1. The minimum Gasteiger partial charge on any atom is -0.457 e. The van der Waals surface area contributed by atoms with Gasteiger partial charge in [-0.15, -0.1) is 6.42 Å². The lowest BCUT2D eigenvalue weighted by Gasteiger charge is -2.08. The summed E-state index contributed by atoms with van der Waals surface area (Å²) >= 11 is 0. The fraction of sp³-hybridized carbons (Fsp3) is 0.261. The molecule has 2 N–H and O–H groups in total. The average Bonchev–Trinajstić information content (AvgIpc) is 3.27. The molecular formula is C23H24N4O4. The van der Waals surface area contributed by atoms with Crippen molar-refractivity contribution in [3.63, 3.8) is 0 Å². The van der Waals surface area contributed by atoms with Gasteiger partial charge >= 0.3 is 5.97 Å². The summed E-state index contributed by atoms with van der Waals surface area (Å²) in [5.41, 5.74) is 8.53. The standard InChI is InChI=1S/C23H24N4O4/c1-2-9-29-11-12-30-10-8-27-16-20(15-26-27)19-13-21(22(24)25-14-19)23(28)31-17-18-6-4-3-5-7-18/h1,3-7,13-16H,8-12,17H2,(H2,24,25). The molecule has 0 spiro atoms. The summed E-state index contributed by atoms with van der Waals surface area (Å²) < 4.78 is 17.8. The normalized spacial score (nSPS) is 10.5. The van der Waals surface area contributed by atoms with Gasteiger partial charge < -0.3 is 19.9 Å². The predicted molar refractivity (Wildman–Crippen MR) is 116 cm³/mol. The Morgan fingerprint density at radius 1 is 1.10 bits per heavy atom. The summed E-state index contributed by atoms with van der Waals surface area (Å²) in [7, 11) is 0. The maximum absolute atomic E-state index is 12.5. The van der Waals surface area contributed by atoms with E-state index < -0.39 is 5.97 Å². The van der Waals surface area contributed by atoms with Gasteiger partial charge in [-0.1, -0.05) is 36.3 Å². The summed E-state index contributed by atoms with van der Waals surface area (Å²) in [6.07, 6.45) is 10.3. The second-order valence-corrected chi connectivity index (χ2v) is 6.58. The number of benzene rings is 1. The van der Waals surface area contributed by atoms with E-state index >= 15 is 0 Å². The van der Waals surface area contributed by atoms with E-state index in [9.17, 15) is 4.79 Å². The van der Waals surface area contributed by atoms with E-state index in [-0.39, 0.29) is 24.6 Å². The van der Waals surface area contributed by atoms with Crippen LogP contribution in [0, 0.1) is 12.3 Å². The number of hydrogen-bond donors (Lipinski definition) is 1. The maximum Gasteiger partial charge on any atom is 0.342 e. The van der Waals surface area contributed by atoms with Gasteiger partial charge in [0.2, 0.25) is 0 Å². The van der Waals surface area contributed by atoms with Crippen LogP contribution in [-0.2, 0) is 27.4 Å². The number of nitrogens with two attached hydrogens (primary N) is 1. The quantitative estimate of drug-likeness (QED) is 0.289. The van der Waals surface area contributed by atoms with Crippen molar-refractivity contribution in [2.45, 2.75) is 13.2 Å². The van der Waals surface area contributed by atoms with Crippen LogP contribution in [0.2, 0.25) is 0 Å². The second kappa shape index (κ2) is 11.5. The number of nitrogens with zero attached hydrogens (tertiary/aromatic N) is 3. The van der Waals surface area contributed by atoms with Crippen LogP contribution in [0.5, 0.6) is 0 Å². The smallest absolute Gasteiger partial charge is 0.342 e. The number of rotatable bonds is 11. The molecule has 0 atom stereocenters. The number of pyridine rings is 1. The van der Waals surface area contributed by atoms with Crippen LogP contribution < -0.4 is 5.73 Å². The number of ether oxygens (including phenoxy) is 3. The third-order valence-corrected chi connectivity index (χ3v) is 4.34. The van der Waals surface area contributed by atoms with Crippen molar-refractivity contribution in [3.05, 3.63) is 66.1 Å². The van der Waals surface area contributed by atoms with Gasteiger partial charge in [-0.3, -0.25) is 4.68 Å². The molecule has 8 heteroatoms. The first-order valence-corrected chi connectivity index (χ1v) is 9.75. The first kappa shape index (κ1) is 22.0. The molecule has 0 unspecified atom stereocenters. The lowest BCUT2D eigenvalue weighted by Crippen LogP contribution is -2.10. The van der Waals surface area contributed by atoms with Gasteiger partial charge in [0.1, 0.15) is 24.6 Å². The summed E-state index contributed by atoms with van der Waals surface area (Å²) in [4.78, 5) is 16.6. The summed E-state index contributed by atoms with van der Waals surface area (Å²) in [5.74, 6) is 1.99. The Labute approximate surface area is 180 Å². The van der Waals surface area contributed by atoms with Crippen molar-refractivity contribution in [2.75, 3.05) is 32.2 Å².